The van der Waals surface area contributed by atoms with Crippen LogP contribution in [-0.2, 0) is 17.1 Å². The van der Waals surface area contributed by atoms with Crippen molar-refractivity contribution in [1.82, 2.24) is 13.9 Å². The van der Waals surface area contributed by atoms with Crippen LogP contribution in [-0.4, -0.2) is 33.4 Å². The van der Waals surface area contributed by atoms with Gasteiger partial charge in [0.1, 0.15) is 16.4 Å². The maximum atomic E-state index is 12.2. The van der Waals surface area contributed by atoms with E-state index < -0.39 is 16.0 Å². The van der Waals surface area contributed by atoms with Crippen LogP contribution in [0.4, 0.5) is 5.00 Å². The van der Waals surface area contributed by atoms with Crippen LogP contribution in [0.15, 0.2) is 11.2 Å². The number of aryl methyl sites for hydroxylation is 3. The molecular formula is C10H12N4O4S2. The Morgan fingerprint density at radius 2 is 2.10 bits per heavy atom. The highest BCUT2D eigenvalue weighted by atomic mass is 32.2. The zero-order valence-corrected chi connectivity index (χ0v) is 12.5. The number of rotatable bonds is 4. The molecule has 10 heteroatoms. The summed E-state index contributed by atoms with van der Waals surface area (Å²) in [5.41, 5.74) is 0.114. The average molecular weight is 316 g/mol. The van der Waals surface area contributed by atoms with E-state index in [2.05, 4.69) is 14.1 Å². The fraction of sp³-hybridized carbons (Fsp3) is 0.300. The average Bonchev–Trinajstić information content (AvgIpc) is 2.83. The number of aromatic carboxylic acids is 1. The molecule has 20 heavy (non-hydrogen) atoms. The summed E-state index contributed by atoms with van der Waals surface area (Å²) in [4.78, 5) is 15.0. The molecule has 0 spiro atoms. The highest BCUT2D eigenvalue weighted by molar-refractivity contribution is 7.92. The molecule has 2 rings (SSSR count). The molecule has 0 saturated heterocycles. The summed E-state index contributed by atoms with van der Waals surface area (Å²) in [5, 5.41) is 8.87. The third-order valence-corrected chi connectivity index (χ3v) is 4.87. The summed E-state index contributed by atoms with van der Waals surface area (Å²) in [6.07, 6.45) is 1.35. The molecule has 2 aromatic rings. The molecule has 0 radical (unpaired) electrons. The second kappa shape index (κ2) is 4.87. The van der Waals surface area contributed by atoms with Gasteiger partial charge in [0.05, 0.1) is 5.69 Å². The number of aromatic nitrogens is 3. The third kappa shape index (κ3) is 2.51. The molecule has 0 aliphatic heterocycles. The Kier molecular flexibility index (Phi) is 3.52. The van der Waals surface area contributed by atoms with Gasteiger partial charge in [-0.25, -0.2) is 9.78 Å². The molecule has 0 bridgehead atoms. The Hall–Kier alpha value is -1.94. The minimum atomic E-state index is -3.93. The lowest BCUT2D eigenvalue weighted by atomic mass is 10.2. The van der Waals surface area contributed by atoms with E-state index in [1.165, 1.54) is 13.1 Å². The molecule has 0 saturated carbocycles. The standard InChI is InChI=1S/C10H12N4O4S2/c1-5-8(10(15)16)9(19-12-5)13-20(17,18)7-4-14(3)6(2)11-7/h4,13H,1-3H3,(H,15,16). The largest absolute Gasteiger partial charge is 0.478 e. The molecule has 108 valence electrons. The highest BCUT2D eigenvalue weighted by Crippen LogP contribution is 2.26. The van der Waals surface area contributed by atoms with E-state index in [1.54, 1.807) is 18.5 Å². The fourth-order valence-corrected chi connectivity index (χ4v) is 3.65. The monoisotopic (exact) mass is 316 g/mol. The van der Waals surface area contributed by atoms with Crippen molar-refractivity contribution in [3.63, 3.8) is 0 Å². The quantitative estimate of drug-likeness (QED) is 0.869. The van der Waals surface area contributed by atoms with E-state index in [-0.39, 0.29) is 21.3 Å². The topological polar surface area (TPSA) is 114 Å². The van der Waals surface area contributed by atoms with Gasteiger partial charge in [-0.15, -0.1) is 0 Å². The normalized spacial score (nSPS) is 11.6. The van der Waals surface area contributed by atoms with E-state index in [0.29, 0.717) is 5.82 Å². The van der Waals surface area contributed by atoms with Gasteiger partial charge in [-0.05, 0) is 25.4 Å². The highest BCUT2D eigenvalue weighted by Gasteiger charge is 2.24. The lowest BCUT2D eigenvalue weighted by Gasteiger charge is -2.03. The van der Waals surface area contributed by atoms with Gasteiger partial charge in [0.15, 0.2) is 5.03 Å². The summed E-state index contributed by atoms with van der Waals surface area (Å²) in [5.74, 6) is -0.699. The number of nitrogens with one attached hydrogen (secondary N) is 1. The third-order valence-electron chi connectivity index (χ3n) is 2.67. The number of carboxylic acid groups (broad SMARTS) is 1. The van der Waals surface area contributed by atoms with Crippen molar-refractivity contribution in [3.8, 4) is 0 Å². The lowest BCUT2D eigenvalue weighted by Crippen LogP contribution is -2.15. The molecule has 2 N–H and O–H groups in total. The first-order valence-corrected chi connectivity index (χ1v) is 7.70. The van der Waals surface area contributed by atoms with Gasteiger partial charge >= 0.3 is 5.97 Å². The Balaban J connectivity index is 2.41. The summed E-state index contributed by atoms with van der Waals surface area (Å²) in [7, 11) is -2.27. The summed E-state index contributed by atoms with van der Waals surface area (Å²) < 4.78 is 31.9. The van der Waals surface area contributed by atoms with Crippen molar-refractivity contribution in [1.29, 1.82) is 0 Å². The number of hydrogen-bond donors (Lipinski definition) is 2. The Bertz CT molecular complexity index is 756. The van der Waals surface area contributed by atoms with Gasteiger partial charge in [0, 0.05) is 13.2 Å². The van der Waals surface area contributed by atoms with Gasteiger partial charge in [-0.2, -0.15) is 12.8 Å². The molecule has 0 unspecified atom stereocenters. The minimum absolute atomic E-state index is 0.0293. The zero-order chi connectivity index (χ0) is 15.1. The Morgan fingerprint density at radius 3 is 2.60 bits per heavy atom. The second-order valence-electron chi connectivity index (χ2n) is 4.12. The molecule has 0 atom stereocenters. The minimum Gasteiger partial charge on any atom is -0.478 e. The van der Waals surface area contributed by atoms with Crippen LogP contribution in [0.3, 0.4) is 0 Å². The van der Waals surface area contributed by atoms with Crippen LogP contribution < -0.4 is 4.72 Å². The van der Waals surface area contributed by atoms with Gasteiger partial charge in [0.2, 0.25) is 0 Å². The maximum Gasteiger partial charge on any atom is 0.340 e. The van der Waals surface area contributed by atoms with Crippen LogP contribution in [0, 0.1) is 13.8 Å². The van der Waals surface area contributed by atoms with Crippen molar-refractivity contribution in [3.05, 3.63) is 23.3 Å². The van der Waals surface area contributed by atoms with Crippen molar-refractivity contribution in [2.75, 3.05) is 4.72 Å². The van der Waals surface area contributed by atoms with Gasteiger partial charge in [-0.1, -0.05) is 0 Å². The first-order chi connectivity index (χ1) is 9.22. The number of anilines is 1. The van der Waals surface area contributed by atoms with Crippen LogP contribution in [0.1, 0.15) is 21.9 Å². The summed E-state index contributed by atoms with van der Waals surface area (Å²) >= 11 is 0.781. The van der Waals surface area contributed by atoms with Crippen molar-refractivity contribution in [2.24, 2.45) is 7.05 Å². The molecule has 0 aromatic carbocycles. The van der Waals surface area contributed by atoms with Gasteiger partial charge in [0.25, 0.3) is 10.0 Å². The molecule has 0 aliphatic carbocycles. The molecule has 2 heterocycles. The maximum absolute atomic E-state index is 12.2. The number of imidazole rings is 1. The van der Waals surface area contributed by atoms with Gasteiger partial charge in [-0.3, -0.25) is 4.72 Å². The van der Waals surface area contributed by atoms with Crippen LogP contribution in [0.2, 0.25) is 0 Å². The van der Waals surface area contributed by atoms with E-state index in [1.807, 2.05) is 0 Å². The number of carbonyl (C=O) groups is 1. The van der Waals surface area contributed by atoms with Crippen molar-refractivity contribution < 1.29 is 18.3 Å². The predicted octanol–water partition coefficient (Wildman–Crippen LogP) is 0.992. The van der Waals surface area contributed by atoms with Gasteiger partial charge < -0.3 is 9.67 Å². The number of hydrogen-bond acceptors (Lipinski definition) is 6. The van der Waals surface area contributed by atoms with Crippen LogP contribution >= 0.6 is 11.5 Å². The van der Waals surface area contributed by atoms with Crippen molar-refractivity contribution in [2.45, 2.75) is 18.9 Å². The fourth-order valence-electron chi connectivity index (χ4n) is 1.52. The molecule has 0 fully saturated rings. The van der Waals surface area contributed by atoms with Crippen LogP contribution in [0.5, 0.6) is 0 Å². The Labute approximate surface area is 119 Å². The second-order valence-corrected chi connectivity index (χ2v) is 6.52. The first kappa shape index (κ1) is 14.5. The van der Waals surface area contributed by atoms with Crippen molar-refractivity contribution >= 4 is 32.5 Å². The molecule has 2 aromatic heterocycles. The summed E-state index contributed by atoms with van der Waals surface area (Å²) in [6.45, 7) is 3.17. The first-order valence-electron chi connectivity index (χ1n) is 5.44. The molecule has 0 amide bonds. The SMILES string of the molecule is Cc1nsc(NS(=O)(=O)c2cn(C)c(C)n2)c1C(=O)O. The van der Waals surface area contributed by atoms with Crippen LogP contribution in [0.25, 0.3) is 0 Å². The number of sulfonamides is 1. The summed E-state index contributed by atoms with van der Waals surface area (Å²) in [6, 6.07) is 0. The zero-order valence-electron chi connectivity index (χ0n) is 10.9. The van der Waals surface area contributed by atoms with E-state index in [0.717, 1.165) is 11.5 Å². The Morgan fingerprint density at radius 1 is 1.45 bits per heavy atom. The predicted molar refractivity (Wildman–Crippen MR) is 72.6 cm³/mol. The number of nitrogens with zero attached hydrogens (tertiary/aromatic N) is 3. The van der Waals surface area contributed by atoms with E-state index in [4.69, 9.17) is 5.11 Å². The molecular weight excluding hydrogens is 304 g/mol. The molecule has 0 aliphatic rings. The molecule has 8 nitrogen and oxygen atoms in total. The number of carboxylic acids is 1. The smallest absolute Gasteiger partial charge is 0.340 e. The lowest BCUT2D eigenvalue weighted by molar-refractivity contribution is 0.0697. The van der Waals surface area contributed by atoms with E-state index >= 15 is 0 Å². The van der Waals surface area contributed by atoms with E-state index in [9.17, 15) is 13.2 Å².